The lowest BCUT2D eigenvalue weighted by Gasteiger charge is -2.01. The third kappa shape index (κ3) is 11.7. The lowest BCUT2D eigenvalue weighted by Crippen LogP contribution is -2.13. The van der Waals surface area contributed by atoms with E-state index in [-0.39, 0.29) is 12.4 Å². The maximum absolute atomic E-state index is 5.53. The zero-order valence-corrected chi connectivity index (χ0v) is 7.21. The van der Waals surface area contributed by atoms with Crippen LogP contribution in [-0.4, -0.2) is 6.04 Å². The summed E-state index contributed by atoms with van der Waals surface area (Å²) in [7, 11) is 0. The van der Waals surface area contributed by atoms with E-state index >= 15 is 0 Å². The fraction of sp³-hybridized carbons (Fsp3) is 1.00. The van der Waals surface area contributed by atoms with E-state index in [0.29, 0.717) is 6.04 Å². The molecule has 0 amide bonds. The van der Waals surface area contributed by atoms with E-state index < -0.39 is 0 Å². The number of hydrogen-bond acceptors (Lipinski definition) is 1. The highest BCUT2D eigenvalue weighted by atomic mass is 35.5. The molecule has 0 saturated carbocycles. The Labute approximate surface area is 64.4 Å². The van der Waals surface area contributed by atoms with Gasteiger partial charge in [0.1, 0.15) is 0 Å². The first kappa shape index (κ1) is 12.0. The molecule has 0 rings (SSSR count). The summed E-state index contributed by atoms with van der Waals surface area (Å²) in [6.45, 7) is 4.27. The fourth-order valence-electron chi connectivity index (χ4n) is 0.716. The maximum atomic E-state index is 5.53. The van der Waals surface area contributed by atoms with Crippen LogP contribution in [0, 0.1) is 0 Å². The van der Waals surface area contributed by atoms with Crippen LogP contribution in [0.4, 0.5) is 0 Å². The van der Waals surface area contributed by atoms with Crippen molar-refractivity contribution in [2.24, 2.45) is 5.73 Å². The second-order valence-electron chi connectivity index (χ2n) is 2.47. The lowest BCUT2D eigenvalue weighted by atomic mass is 10.1. The highest BCUT2D eigenvalue weighted by molar-refractivity contribution is 5.85. The molecule has 0 aromatic heterocycles. The third-order valence-corrected chi connectivity index (χ3v) is 1.26. The molecule has 1 nitrogen and oxygen atoms in total. The molecule has 0 aliphatic rings. The molecule has 0 aromatic rings. The van der Waals surface area contributed by atoms with E-state index in [2.05, 4.69) is 13.8 Å². The van der Waals surface area contributed by atoms with Crippen molar-refractivity contribution in [1.29, 1.82) is 0 Å². The second kappa shape index (κ2) is 8.25. The molecule has 0 unspecified atom stereocenters. The molecule has 0 heterocycles. The predicted octanol–water partition coefficient (Wildman–Crippen LogP) is 2.34. The summed E-state index contributed by atoms with van der Waals surface area (Å²) in [5.41, 5.74) is 5.53. The Bertz CT molecular complexity index is 46.2. The molecule has 0 radical (unpaired) electrons. The van der Waals surface area contributed by atoms with Crippen LogP contribution in [0.25, 0.3) is 0 Å². The average molecular weight is 152 g/mol. The maximum Gasteiger partial charge on any atom is 0.00104 e. The van der Waals surface area contributed by atoms with Crippen LogP contribution in [0.3, 0.4) is 0 Å². The van der Waals surface area contributed by atoms with Gasteiger partial charge in [0.25, 0.3) is 0 Å². The van der Waals surface area contributed by atoms with Gasteiger partial charge in [-0.15, -0.1) is 12.4 Å². The lowest BCUT2D eigenvalue weighted by molar-refractivity contribution is 0.592. The summed E-state index contributed by atoms with van der Waals surface area (Å²) in [6, 6.07) is 0.404. The summed E-state index contributed by atoms with van der Waals surface area (Å²) in [6.07, 6.45) is 5.12. The quantitative estimate of drug-likeness (QED) is 0.614. The van der Waals surface area contributed by atoms with Gasteiger partial charge in [0.05, 0.1) is 0 Å². The SMILES string of the molecule is CCCCC[C@H](C)N.Cl. The van der Waals surface area contributed by atoms with Crippen LogP contribution >= 0.6 is 12.4 Å². The van der Waals surface area contributed by atoms with Gasteiger partial charge in [0.2, 0.25) is 0 Å². The zero-order chi connectivity index (χ0) is 6.41. The molecule has 1 atom stereocenters. The average Bonchev–Trinajstić information content (AvgIpc) is 1.66. The molecule has 0 spiro atoms. The Kier molecular flexibility index (Phi) is 11.0. The van der Waals surface area contributed by atoms with Gasteiger partial charge in [0.15, 0.2) is 0 Å². The Morgan fingerprint density at radius 3 is 2.22 bits per heavy atom. The summed E-state index contributed by atoms with van der Waals surface area (Å²) in [5.74, 6) is 0. The number of unbranched alkanes of at least 4 members (excludes halogenated alkanes) is 2. The van der Waals surface area contributed by atoms with Crippen molar-refractivity contribution < 1.29 is 0 Å². The van der Waals surface area contributed by atoms with Crippen molar-refractivity contribution in [3.8, 4) is 0 Å². The minimum Gasteiger partial charge on any atom is -0.328 e. The summed E-state index contributed by atoms with van der Waals surface area (Å²) in [5, 5.41) is 0. The predicted molar refractivity (Wildman–Crippen MR) is 45.0 cm³/mol. The summed E-state index contributed by atoms with van der Waals surface area (Å²) >= 11 is 0. The second-order valence-corrected chi connectivity index (χ2v) is 2.47. The molecular formula is C7H18ClN. The summed E-state index contributed by atoms with van der Waals surface area (Å²) < 4.78 is 0. The van der Waals surface area contributed by atoms with Gasteiger partial charge in [-0.3, -0.25) is 0 Å². The van der Waals surface area contributed by atoms with E-state index in [4.69, 9.17) is 5.73 Å². The Balaban J connectivity index is 0. The van der Waals surface area contributed by atoms with Gasteiger partial charge in [-0.25, -0.2) is 0 Å². The van der Waals surface area contributed by atoms with E-state index in [0.717, 1.165) is 0 Å². The van der Waals surface area contributed by atoms with Gasteiger partial charge >= 0.3 is 0 Å². The Hall–Kier alpha value is 0.250. The number of nitrogens with two attached hydrogens (primary N) is 1. The topological polar surface area (TPSA) is 26.0 Å². The van der Waals surface area contributed by atoms with Gasteiger partial charge in [-0.2, -0.15) is 0 Å². The standard InChI is InChI=1S/C7H17N.ClH/c1-3-4-5-6-7(2)8;/h7H,3-6,8H2,1-2H3;1H/t7-;/m0./s1. The normalized spacial score (nSPS) is 12.3. The van der Waals surface area contributed by atoms with E-state index in [9.17, 15) is 0 Å². The van der Waals surface area contributed by atoms with Gasteiger partial charge in [-0.1, -0.05) is 26.2 Å². The Morgan fingerprint density at radius 1 is 1.33 bits per heavy atom. The van der Waals surface area contributed by atoms with Crippen molar-refractivity contribution in [3.05, 3.63) is 0 Å². The number of hydrogen-bond donors (Lipinski definition) is 1. The molecule has 2 heteroatoms. The molecule has 0 aromatic carbocycles. The van der Waals surface area contributed by atoms with E-state index in [1.807, 2.05) is 0 Å². The van der Waals surface area contributed by atoms with Crippen molar-refractivity contribution >= 4 is 12.4 Å². The first-order valence-corrected chi connectivity index (χ1v) is 3.53. The van der Waals surface area contributed by atoms with Crippen molar-refractivity contribution in [1.82, 2.24) is 0 Å². The minimum atomic E-state index is 0. The van der Waals surface area contributed by atoms with Crippen LogP contribution in [0.5, 0.6) is 0 Å². The van der Waals surface area contributed by atoms with Crippen LogP contribution in [0.1, 0.15) is 39.5 Å². The van der Waals surface area contributed by atoms with Crippen LogP contribution in [0.2, 0.25) is 0 Å². The zero-order valence-electron chi connectivity index (χ0n) is 6.39. The molecule has 0 aliphatic heterocycles. The molecule has 9 heavy (non-hydrogen) atoms. The highest BCUT2D eigenvalue weighted by Gasteiger charge is 1.90. The first-order chi connectivity index (χ1) is 3.77. The van der Waals surface area contributed by atoms with Crippen molar-refractivity contribution in [2.75, 3.05) is 0 Å². The highest BCUT2D eigenvalue weighted by Crippen LogP contribution is 1.99. The fourth-order valence-corrected chi connectivity index (χ4v) is 0.716. The minimum absolute atomic E-state index is 0. The van der Waals surface area contributed by atoms with Gasteiger partial charge in [-0.05, 0) is 13.3 Å². The largest absolute Gasteiger partial charge is 0.328 e. The van der Waals surface area contributed by atoms with Crippen LogP contribution in [0.15, 0.2) is 0 Å². The third-order valence-electron chi connectivity index (χ3n) is 1.26. The molecular weight excluding hydrogens is 134 g/mol. The molecule has 0 bridgehead atoms. The Morgan fingerprint density at radius 2 is 1.89 bits per heavy atom. The van der Waals surface area contributed by atoms with Crippen LogP contribution in [-0.2, 0) is 0 Å². The van der Waals surface area contributed by atoms with E-state index in [1.54, 1.807) is 0 Å². The van der Waals surface area contributed by atoms with Crippen LogP contribution < -0.4 is 5.73 Å². The number of halogens is 1. The smallest absolute Gasteiger partial charge is 0.00104 e. The molecule has 2 N–H and O–H groups in total. The summed E-state index contributed by atoms with van der Waals surface area (Å²) in [4.78, 5) is 0. The molecule has 0 aliphatic carbocycles. The number of rotatable bonds is 4. The van der Waals surface area contributed by atoms with Gasteiger partial charge in [0, 0.05) is 6.04 Å². The van der Waals surface area contributed by atoms with Gasteiger partial charge < -0.3 is 5.73 Å². The molecule has 58 valence electrons. The van der Waals surface area contributed by atoms with E-state index in [1.165, 1.54) is 25.7 Å². The monoisotopic (exact) mass is 151 g/mol. The molecule has 0 fully saturated rings. The van der Waals surface area contributed by atoms with Crippen molar-refractivity contribution in [2.45, 2.75) is 45.6 Å². The van der Waals surface area contributed by atoms with Crippen molar-refractivity contribution in [3.63, 3.8) is 0 Å². The first-order valence-electron chi connectivity index (χ1n) is 3.53. The molecule has 0 saturated heterocycles.